The molecule has 1 aromatic carbocycles. The summed E-state index contributed by atoms with van der Waals surface area (Å²) in [5.74, 6) is -1.64. The number of nitrogens with zero attached hydrogens (tertiary/aromatic N) is 3. The number of benzene rings is 1. The van der Waals surface area contributed by atoms with Gasteiger partial charge in [-0.3, -0.25) is 18.5 Å². The summed E-state index contributed by atoms with van der Waals surface area (Å²) in [6.07, 6.45) is 4.37. The summed E-state index contributed by atoms with van der Waals surface area (Å²) >= 11 is 1.24. The molecule has 12 nitrogen and oxygen atoms in total. The van der Waals surface area contributed by atoms with Crippen molar-refractivity contribution in [3.63, 3.8) is 0 Å². The number of hydrogen-bond donors (Lipinski definition) is 4. The second kappa shape index (κ2) is 11.7. The van der Waals surface area contributed by atoms with Crippen molar-refractivity contribution >= 4 is 44.4 Å². The Hall–Kier alpha value is -4.56. The summed E-state index contributed by atoms with van der Waals surface area (Å²) in [6.45, 7) is -0.655. The highest BCUT2D eigenvalue weighted by atomic mass is 32.2. The third-order valence-electron chi connectivity index (χ3n) is 5.22. The number of aromatic nitrogens is 3. The largest absolute Gasteiger partial charge is 0.465 e. The first-order valence-corrected chi connectivity index (χ1v) is 13.6. The van der Waals surface area contributed by atoms with Crippen LogP contribution in [0.15, 0.2) is 72.6 Å². The Kier molecular flexibility index (Phi) is 8.13. The lowest BCUT2D eigenvalue weighted by molar-refractivity contribution is -0.115. The zero-order chi connectivity index (χ0) is 27.1. The van der Waals surface area contributed by atoms with Gasteiger partial charge in [-0.15, -0.1) is 11.3 Å². The summed E-state index contributed by atoms with van der Waals surface area (Å²) in [5, 5.41) is 17.8. The van der Waals surface area contributed by atoms with E-state index in [-0.39, 0.29) is 18.7 Å². The highest BCUT2D eigenvalue weighted by Gasteiger charge is 2.17. The highest BCUT2D eigenvalue weighted by molar-refractivity contribution is 7.89. The Morgan fingerprint density at radius 2 is 1.76 bits per heavy atom. The lowest BCUT2D eigenvalue weighted by atomic mass is 10.0. The number of nitrogens with one attached hydrogen (secondary N) is 3. The molecule has 38 heavy (non-hydrogen) atoms. The van der Waals surface area contributed by atoms with Crippen LogP contribution in [0.4, 0.5) is 9.93 Å². The van der Waals surface area contributed by atoms with Crippen molar-refractivity contribution in [1.82, 2.24) is 24.6 Å². The first kappa shape index (κ1) is 26.5. The van der Waals surface area contributed by atoms with Gasteiger partial charge < -0.3 is 21.1 Å². The molecule has 0 bridgehead atoms. The van der Waals surface area contributed by atoms with E-state index in [0.717, 1.165) is 26.9 Å². The number of anilines is 1. The van der Waals surface area contributed by atoms with E-state index in [4.69, 9.17) is 5.11 Å². The van der Waals surface area contributed by atoms with Gasteiger partial charge in [-0.2, -0.15) is 0 Å². The molecule has 3 heterocycles. The van der Waals surface area contributed by atoms with E-state index < -0.39 is 33.7 Å². The van der Waals surface area contributed by atoms with Crippen LogP contribution in [0.5, 0.6) is 0 Å². The van der Waals surface area contributed by atoms with Crippen LogP contribution < -0.4 is 16.0 Å². The summed E-state index contributed by atoms with van der Waals surface area (Å²) in [5.41, 5.74) is 3.61. The monoisotopic (exact) mass is 554 g/mol. The van der Waals surface area contributed by atoms with Crippen LogP contribution in [0, 0.1) is 0 Å². The molecule has 4 N–H and O–H groups in total. The van der Waals surface area contributed by atoms with Crippen molar-refractivity contribution in [3.8, 4) is 22.4 Å². The number of rotatable bonds is 10. The average molecular weight is 555 g/mol. The summed E-state index contributed by atoms with van der Waals surface area (Å²) in [4.78, 5) is 43.7. The fraction of sp³-hybridized carbons (Fsp3) is 0.125. The zero-order valence-electron chi connectivity index (χ0n) is 19.7. The van der Waals surface area contributed by atoms with Crippen molar-refractivity contribution in [2.45, 2.75) is 0 Å². The minimum atomic E-state index is -3.86. The van der Waals surface area contributed by atoms with Gasteiger partial charge in [0.2, 0.25) is 15.9 Å². The van der Waals surface area contributed by atoms with Crippen LogP contribution in [-0.2, 0) is 14.8 Å². The van der Waals surface area contributed by atoms with Gasteiger partial charge in [0.15, 0.2) is 5.13 Å². The van der Waals surface area contributed by atoms with E-state index in [1.54, 1.807) is 12.4 Å². The van der Waals surface area contributed by atoms with Crippen molar-refractivity contribution in [2.24, 2.45) is 0 Å². The molecule has 14 heteroatoms. The number of carbonyl (C=O) groups excluding carboxylic acids is 2. The van der Waals surface area contributed by atoms with Crippen LogP contribution in [0.2, 0.25) is 0 Å². The molecule has 0 aliphatic heterocycles. The molecule has 3 amide bonds. The summed E-state index contributed by atoms with van der Waals surface area (Å²) in [7, 11) is -3.86. The molecule has 0 saturated heterocycles. The molecule has 0 saturated carbocycles. The third-order valence-corrected chi connectivity index (χ3v) is 7.57. The number of hydrogen-bond acceptors (Lipinski definition) is 8. The van der Waals surface area contributed by atoms with Gasteiger partial charge in [0.1, 0.15) is 0 Å². The molecule has 0 spiro atoms. The van der Waals surface area contributed by atoms with Gasteiger partial charge in [-0.25, -0.2) is 18.2 Å². The second-order valence-corrected chi connectivity index (χ2v) is 10.7. The van der Waals surface area contributed by atoms with Crippen LogP contribution in [0.3, 0.4) is 0 Å². The van der Waals surface area contributed by atoms with Gasteiger partial charge >= 0.3 is 6.09 Å². The molecule has 0 unspecified atom stereocenters. The number of pyridine rings is 1. The molecule has 4 rings (SSSR count). The van der Waals surface area contributed by atoms with Crippen molar-refractivity contribution in [2.75, 3.05) is 24.2 Å². The van der Waals surface area contributed by atoms with E-state index in [9.17, 15) is 22.8 Å². The predicted octanol–water partition coefficient (Wildman–Crippen LogP) is 2.49. The minimum Gasteiger partial charge on any atom is -0.465 e. The molecular formula is C24H22N6O6S2. The van der Waals surface area contributed by atoms with Crippen molar-refractivity contribution < 1.29 is 27.9 Å². The predicted molar refractivity (Wildman–Crippen MR) is 141 cm³/mol. The minimum absolute atomic E-state index is 0.0261. The summed E-state index contributed by atoms with van der Waals surface area (Å²) in [6, 6.07) is 12.9. The Balaban J connectivity index is 1.31. The van der Waals surface area contributed by atoms with E-state index >= 15 is 0 Å². The van der Waals surface area contributed by atoms with Crippen LogP contribution in [0.25, 0.3) is 22.4 Å². The molecule has 0 fully saturated rings. The Morgan fingerprint density at radius 3 is 2.53 bits per heavy atom. The van der Waals surface area contributed by atoms with E-state index in [0.29, 0.717) is 10.8 Å². The molecule has 196 valence electrons. The Morgan fingerprint density at radius 1 is 1.00 bits per heavy atom. The van der Waals surface area contributed by atoms with E-state index in [1.807, 2.05) is 47.1 Å². The van der Waals surface area contributed by atoms with Gasteiger partial charge in [-0.05, 0) is 35.4 Å². The first-order chi connectivity index (χ1) is 18.2. The lowest BCUT2D eigenvalue weighted by Gasteiger charge is -2.06. The molecule has 4 aromatic rings. The molecule has 0 radical (unpaired) electrons. The van der Waals surface area contributed by atoms with Gasteiger partial charge in [0, 0.05) is 42.3 Å². The van der Waals surface area contributed by atoms with Crippen LogP contribution >= 0.6 is 11.3 Å². The number of carbonyl (C=O) groups is 3. The highest BCUT2D eigenvalue weighted by Crippen LogP contribution is 2.28. The smallest absolute Gasteiger partial charge is 0.404 e. The zero-order valence-corrected chi connectivity index (χ0v) is 21.3. The first-order valence-electron chi connectivity index (χ1n) is 11.1. The summed E-state index contributed by atoms with van der Waals surface area (Å²) < 4.78 is 25.3. The van der Waals surface area contributed by atoms with Gasteiger partial charge in [0.05, 0.1) is 23.6 Å². The maximum atomic E-state index is 12.4. The van der Waals surface area contributed by atoms with Gasteiger partial charge in [0.25, 0.3) is 5.91 Å². The SMILES string of the molecule is O=C(O)NCCS(=O)(=O)n1ccc(C(=O)NCC(=O)Nc2nc(-c3cccc(-c4ccncc4)c3)cs2)c1. The van der Waals surface area contributed by atoms with Crippen molar-refractivity contribution in [1.29, 1.82) is 0 Å². The fourth-order valence-electron chi connectivity index (χ4n) is 3.37. The topological polar surface area (TPSA) is 172 Å². The Bertz CT molecular complexity index is 1570. The molecule has 0 aliphatic carbocycles. The number of amides is 3. The van der Waals surface area contributed by atoms with Gasteiger partial charge in [-0.1, -0.05) is 18.2 Å². The van der Waals surface area contributed by atoms with Crippen LogP contribution in [-0.4, -0.2) is 64.2 Å². The lowest BCUT2D eigenvalue weighted by Crippen LogP contribution is -2.32. The molecule has 0 aliphatic rings. The number of thiazole rings is 1. The molecule has 0 atom stereocenters. The normalized spacial score (nSPS) is 11.1. The average Bonchev–Trinajstić information content (AvgIpc) is 3.58. The quantitative estimate of drug-likeness (QED) is 0.231. The third kappa shape index (κ3) is 6.80. The van der Waals surface area contributed by atoms with Crippen LogP contribution in [0.1, 0.15) is 10.4 Å². The van der Waals surface area contributed by atoms with E-state index in [1.165, 1.54) is 23.6 Å². The Labute approximate surface area is 221 Å². The fourth-order valence-corrected chi connectivity index (χ4v) is 5.20. The number of carboxylic acid groups (broad SMARTS) is 1. The standard InChI is InChI=1S/C24H22N6O6S2/c31-21(13-27-22(32)19-6-10-30(14-19)38(35,36)11-9-26-24(33)34)29-23-28-20(15-37-23)18-3-1-2-17(12-18)16-4-7-25-8-5-16/h1-8,10,12,14-15,26H,9,11,13H2,(H,27,32)(H,33,34)(H,28,29,31). The molecular weight excluding hydrogens is 532 g/mol. The van der Waals surface area contributed by atoms with E-state index in [2.05, 4.69) is 20.6 Å². The maximum absolute atomic E-state index is 12.4. The van der Waals surface area contributed by atoms with Crippen molar-refractivity contribution in [3.05, 3.63) is 78.2 Å². The molecule has 3 aromatic heterocycles. The maximum Gasteiger partial charge on any atom is 0.404 e. The second-order valence-electron chi connectivity index (χ2n) is 7.86.